The van der Waals surface area contributed by atoms with Crippen LogP contribution in [-0.4, -0.2) is 25.8 Å². The fraction of sp³-hybridized carbons (Fsp3) is 0.538. The average Bonchev–Trinajstić information content (AvgIpc) is 2.32. The fourth-order valence-electron chi connectivity index (χ4n) is 2.37. The summed E-state index contributed by atoms with van der Waals surface area (Å²) in [6.07, 6.45) is 4.42. The maximum Gasteiger partial charge on any atom is 0.246 e. The van der Waals surface area contributed by atoms with Crippen LogP contribution in [0.1, 0.15) is 32.1 Å². The van der Waals surface area contributed by atoms with Crippen molar-refractivity contribution in [2.75, 3.05) is 18.8 Å². The topological polar surface area (TPSA) is 63.4 Å². The van der Waals surface area contributed by atoms with Gasteiger partial charge < -0.3 is 5.73 Å². The average molecular weight is 304 g/mol. The van der Waals surface area contributed by atoms with Gasteiger partial charge in [-0.2, -0.15) is 4.31 Å². The third-order valence-electron chi connectivity index (χ3n) is 3.45. The number of anilines is 1. The van der Waals surface area contributed by atoms with Crippen molar-refractivity contribution in [3.63, 3.8) is 0 Å². The van der Waals surface area contributed by atoms with E-state index in [-0.39, 0.29) is 5.69 Å². The Kier molecular flexibility index (Phi) is 4.59. The normalized spacial score (nSPS) is 18.5. The Morgan fingerprint density at radius 2 is 1.55 bits per heavy atom. The molecule has 112 valence electrons. The lowest BCUT2D eigenvalue weighted by molar-refractivity contribution is 0.361. The van der Waals surface area contributed by atoms with E-state index < -0.39 is 26.6 Å². The SMILES string of the molecule is Nc1cc(F)c(F)c(S(=O)(=O)N2CCCCCCC2)c1. The Balaban J connectivity index is 2.38. The first-order chi connectivity index (χ1) is 9.43. The summed E-state index contributed by atoms with van der Waals surface area (Å²) in [6, 6.07) is 1.76. The number of nitrogens with two attached hydrogens (primary N) is 1. The number of halogens is 2. The van der Waals surface area contributed by atoms with Gasteiger partial charge in [-0.3, -0.25) is 0 Å². The smallest absolute Gasteiger partial charge is 0.246 e. The molecule has 1 aromatic carbocycles. The predicted molar refractivity (Wildman–Crippen MR) is 72.6 cm³/mol. The van der Waals surface area contributed by atoms with E-state index in [1.54, 1.807) is 0 Å². The maximum atomic E-state index is 13.8. The molecule has 0 atom stereocenters. The van der Waals surface area contributed by atoms with Gasteiger partial charge in [0, 0.05) is 18.8 Å². The summed E-state index contributed by atoms with van der Waals surface area (Å²) in [5, 5.41) is 0. The van der Waals surface area contributed by atoms with Crippen molar-refractivity contribution in [1.82, 2.24) is 4.31 Å². The number of hydrogen-bond donors (Lipinski definition) is 1. The summed E-state index contributed by atoms with van der Waals surface area (Å²) >= 11 is 0. The molecule has 0 aliphatic carbocycles. The minimum absolute atomic E-state index is 0.102. The van der Waals surface area contributed by atoms with E-state index >= 15 is 0 Å². The zero-order chi connectivity index (χ0) is 14.8. The number of nitrogen functional groups attached to an aromatic ring is 1. The zero-order valence-corrected chi connectivity index (χ0v) is 11.9. The number of benzene rings is 1. The van der Waals surface area contributed by atoms with E-state index in [1.807, 2.05) is 0 Å². The van der Waals surface area contributed by atoms with Crippen LogP contribution < -0.4 is 5.73 Å². The fourth-order valence-corrected chi connectivity index (χ4v) is 4.00. The third-order valence-corrected chi connectivity index (χ3v) is 5.35. The van der Waals surface area contributed by atoms with Gasteiger partial charge in [-0.25, -0.2) is 17.2 Å². The molecule has 0 radical (unpaired) electrons. The summed E-state index contributed by atoms with van der Waals surface area (Å²) in [5.41, 5.74) is 5.32. The van der Waals surface area contributed by atoms with Crippen LogP contribution in [0.5, 0.6) is 0 Å². The number of hydrogen-bond acceptors (Lipinski definition) is 3. The summed E-state index contributed by atoms with van der Waals surface area (Å²) < 4.78 is 53.2. The van der Waals surface area contributed by atoms with Gasteiger partial charge in [0.2, 0.25) is 10.0 Å². The molecule has 2 rings (SSSR count). The van der Waals surface area contributed by atoms with Crippen LogP contribution in [0.3, 0.4) is 0 Å². The molecule has 2 N–H and O–H groups in total. The first-order valence-electron chi connectivity index (χ1n) is 6.67. The van der Waals surface area contributed by atoms with Crippen molar-refractivity contribution < 1.29 is 17.2 Å². The largest absolute Gasteiger partial charge is 0.399 e. The molecule has 0 spiro atoms. The van der Waals surface area contributed by atoms with Crippen LogP contribution in [0, 0.1) is 11.6 Å². The Bertz CT molecular complexity index is 582. The van der Waals surface area contributed by atoms with Crippen LogP contribution in [0.25, 0.3) is 0 Å². The lowest BCUT2D eigenvalue weighted by Crippen LogP contribution is -2.34. The summed E-state index contributed by atoms with van der Waals surface area (Å²) in [7, 11) is -4.04. The van der Waals surface area contributed by atoms with E-state index in [2.05, 4.69) is 0 Å². The molecule has 1 aliphatic rings. The quantitative estimate of drug-likeness (QED) is 0.854. The van der Waals surface area contributed by atoms with E-state index in [1.165, 1.54) is 4.31 Å². The standard InChI is InChI=1S/C13H18F2N2O2S/c14-11-8-10(16)9-12(13(11)15)20(18,19)17-6-4-2-1-3-5-7-17/h8-9H,1-7,16H2. The van der Waals surface area contributed by atoms with Crippen LogP contribution in [0.2, 0.25) is 0 Å². The lowest BCUT2D eigenvalue weighted by atomic mass is 10.1. The van der Waals surface area contributed by atoms with Gasteiger partial charge in [-0.1, -0.05) is 19.3 Å². The van der Waals surface area contributed by atoms with E-state index in [9.17, 15) is 17.2 Å². The van der Waals surface area contributed by atoms with Crippen molar-refractivity contribution in [3.05, 3.63) is 23.8 Å². The molecule has 0 amide bonds. The molecule has 0 unspecified atom stereocenters. The molecule has 7 heteroatoms. The zero-order valence-electron chi connectivity index (χ0n) is 11.1. The van der Waals surface area contributed by atoms with Crippen LogP contribution in [-0.2, 0) is 10.0 Å². The van der Waals surface area contributed by atoms with E-state index in [0.717, 1.165) is 44.2 Å². The van der Waals surface area contributed by atoms with Crippen molar-refractivity contribution in [3.8, 4) is 0 Å². The monoisotopic (exact) mass is 304 g/mol. The molecule has 4 nitrogen and oxygen atoms in total. The van der Waals surface area contributed by atoms with E-state index in [4.69, 9.17) is 5.73 Å². The van der Waals surface area contributed by atoms with Gasteiger partial charge in [0.25, 0.3) is 0 Å². The molecule has 1 heterocycles. The third kappa shape index (κ3) is 3.09. The summed E-state index contributed by atoms with van der Waals surface area (Å²) in [6.45, 7) is 0.663. The Morgan fingerprint density at radius 3 is 2.15 bits per heavy atom. The molecule has 0 saturated carbocycles. The second-order valence-corrected chi connectivity index (χ2v) is 6.89. The van der Waals surface area contributed by atoms with Crippen molar-refractivity contribution in [2.24, 2.45) is 0 Å². The first kappa shape index (κ1) is 15.2. The molecule has 1 aromatic rings. The second-order valence-electron chi connectivity index (χ2n) is 4.99. The van der Waals surface area contributed by atoms with Gasteiger partial charge in [0.15, 0.2) is 11.6 Å². The van der Waals surface area contributed by atoms with Gasteiger partial charge in [0.05, 0.1) is 0 Å². The molecular formula is C13H18F2N2O2S. The van der Waals surface area contributed by atoms with E-state index in [0.29, 0.717) is 13.1 Å². The Labute approximate surface area is 117 Å². The summed E-state index contributed by atoms with van der Waals surface area (Å²) in [5.74, 6) is -2.60. The minimum atomic E-state index is -4.04. The Hall–Kier alpha value is -1.21. The molecule has 1 saturated heterocycles. The number of sulfonamides is 1. The van der Waals surface area contributed by atoms with Gasteiger partial charge >= 0.3 is 0 Å². The van der Waals surface area contributed by atoms with Crippen LogP contribution >= 0.6 is 0 Å². The highest BCUT2D eigenvalue weighted by Gasteiger charge is 2.29. The number of rotatable bonds is 2. The van der Waals surface area contributed by atoms with Crippen molar-refractivity contribution in [1.29, 1.82) is 0 Å². The predicted octanol–water partition coefficient (Wildman–Crippen LogP) is 2.50. The molecule has 0 aromatic heterocycles. The molecular weight excluding hydrogens is 286 g/mol. The highest BCUT2D eigenvalue weighted by molar-refractivity contribution is 7.89. The van der Waals surface area contributed by atoms with Gasteiger partial charge in [-0.15, -0.1) is 0 Å². The van der Waals surface area contributed by atoms with Crippen molar-refractivity contribution >= 4 is 15.7 Å². The highest BCUT2D eigenvalue weighted by atomic mass is 32.2. The van der Waals surface area contributed by atoms with Crippen molar-refractivity contribution in [2.45, 2.75) is 37.0 Å². The number of nitrogens with zero attached hydrogens (tertiary/aromatic N) is 1. The second kappa shape index (κ2) is 6.05. The highest BCUT2D eigenvalue weighted by Crippen LogP contribution is 2.25. The lowest BCUT2D eigenvalue weighted by Gasteiger charge is -2.24. The van der Waals surface area contributed by atoms with Gasteiger partial charge in [-0.05, 0) is 25.0 Å². The molecule has 20 heavy (non-hydrogen) atoms. The Morgan fingerprint density at radius 1 is 1.00 bits per heavy atom. The maximum absolute atomic E-state index is 13.8. The minimum Gasteiger partial charge on any atom is -0.399 e. The molecule has 1 aliphatic heterocycles. The molecule has 0 bridgehead atoms. The van der Waals surface area contributed by atoms with Crippen LogP contribution in [0.15, 0.2) is 17.0 Å². The molecule has 1 fully saturated rings. The van der Waals surface area contributed by atoms with Crippen LogP contribution in [0.4, 0.5) is 14.5 Å². The summed E-state index contributed by atoms with van der Waals surface area (Å²) in [4.78, 5) is -0.671. The first-order valence-corrected chi connectivity index (χ1v) is 8.11. The van der Waals surface area contributed by atoms with Gasteiger partial charge in [0.1, 0.15) is 4.90 Å².